The van der Waals surface area contributed by atoms with E-state index in [2.05, 4.69) is 0 Å². The predicted octanol–water partition coefficient (Wildman–Crippen LogP) is 3.72. The summed E-state index contributed by atoms with van der Waals surface area (Å²) in [6.07, 6.45) is -0.0612. The lowest BCUT2D eigenvalue weighted by Gasteiger charge is -2.28. The van der Waals surface area contributed by atoms with Crippen LogP contribution < -0.4 is 9.92 Å². The molecule has 0 aliphatic heterocycles. The summed E-state index contributed by atoms with van der Waals surface area (Å²) in [4.78, 5) is 25.2. The van der Waals surface area contributed by atoms with Crippen molar-refractivity contribution >= 4 is 22.1 Å². The van der Waals surface area contributed by atoms with Crippen molar-refractivity contribution in [3.63, 3.8) is 0 Å². The van der Waals surface area contributed by atoms with Gasteiger partial charge in [0.25, 0.3) is 0 Å². The zero-order valence-corrected chi connectivity index (χ0v) is 21.1. The first kappa shape index (κ1) is 27.3. The molecule has 0 bridgehead atoms. The molecule has 34 heavy (non-hydrogen) atoms. The van der Waals surface area contributed by atoms with E-state index in [0.717, 1.165) is 5.56 Å². The van der Waals surface area contributed by atoms with Gasteiger partial charge in [-0.2, -0.15) is 8.42 Å². The molecule has 186 valence electrons. The van der Waals surface area contributed by atoms with E-state index in [-0.39, 0.29) is 30.2 Å². The number of ether oxygens (including phenoxy) is 2. The van der Waals surface area contributed by atoms with Gasteiger partial charge in [-0.25, -0.2) is 0 Å². The Hall–Kier alpha value is -2.91. The predicted molar refractivity (Wildman–Crippen MR) is 128 cm³/mol. The summed E-state index contributed by atoms with van der Waals surface area (Å²) in [5, 5.41) is 0. The Bertz CT molecular complexity index is 1070. The summed E-state index contributed by atoms with van der Waals surface area (Å²) in [6, 6.07) is 12.4. The molecule has 0 fully saturated rings. The molecule has 0 aliphatic carbocycles. The molecule has 0 saturated carbocycles. The van der Waals surface area contributed by atoms with E-state index in [1.807, 2.05) is 6.92 Å². The molecule has 0 amide bonds. The van der Waals surface area contributed by atoms with Crippen LogP contribution in [0.15, 0.2) is 53.4 Å². The highest BCUT2D eigenvalue weighted by atomic mass is 32.2. The minimum Gasteiger partial charge on any atom is -0.466 e. The second-order valence-electron chi connectivity index (χ2n) is 8.94. The van der Waals surface area contributed by atoms with E-state index in [4.69, 9.17) is 19.4 Å². The highest BCUT2D eigenvalue weighted by Gasteiger charge is 2.34. The first-order valence-corrected chi connectivity index (χ1v) is 12.5. The molecule has 0 heterocycles. The number of nitrogens with two attached hydrogens (primary N) is 1. The van der Waals surface area contributed by atoms with Crippen molar-refractivity contribution in [1.29, 1.82) is 0 Å². The van der Waals surface area contributed by atoms with Gasteiger partial charge in [-0.1, -0.05) is 29.8 Å². The van der Waals surface area contributed by atoms with Gasteiger partial charge < -0.3 is 19.4 Å². The number of rotatable bonds is 10. The topological polar surface area (TPSA) is 122 Å². The maximum absolute atomic E-state index is 13.1. The molecule has 0 saturated heterocycles. The average Bonchev–Trinajstić information content (AvgIpc) is 2.73. The van der Waals surface area contributed by atoms with Crippen molar-refractivity contribution in [2.45, 2.75) is 57.5 Å². The molecule has 0 spiro atoms. The minimum absolute atomic E-state index is 0.0337. The van der Waals surface area contributed by atoms with Crippen molar-refractivity contribution in [3.05, 3.63) is 59.7 Å². The Morgan fingerprint density at radius 1 is 1.00 bits per heavy atom. The minimum atomic E-state index is -4.02. The molecule has 2 rings (SSSR count). The van der Waals surface area contributed by atoms with E-state index in [0.29, 0.717) is 5.56 Å². The summed E-state index contributed by atoms with van der Waals surface area (Å²) in [5.41, 5.74) is 6.63. The van der Waals surface area contributed by atoms with Crippen LogP contribution in [0.5, 0.6) is 5.75 Å². The highest BCUT2D eigenvalue weighted by molar-refractivity contribution is 7.87. The van der Waals surface area contributed by atoms with E-state index in [1.165, 1.54) is 24.3 Å². The van der Waals surface area contributed by atoms with Gasteiger partial charge in [-0.3, -0.25) is 9.59 Å². The number of hydrogen-bond donors (Lipinski definition) is 1. The Morgan fingerprint density at radius 3 is 2.09 bits per heavy atom. The number of benzene rings is 2. The number of hydrogen-bond acceptors (Lipinski definition) is 8. The fourth-order valence-corrected chi connectivity index (χ4v) is 4.28. The molecule has 2 aromatic carbocycles. The number of aryl methyl sites for hydroxylation is 1. The SMILES string of the molecule is CCOC(=O)CC(CN)C(C(=O)OC(C)(C)C)c1ccc(OS(=O)(=O)c2ccc(C)cc2)cc1. The Kier molecular flexibility index (Phi) is 9.23. The van der Waals surface area contributed by atoms with E-state index < -0.39 is 39.5 Å². The van der Waals surface area contributed by atoms with Gasteiger partial charge in [0.1, 0.15) is 16.2 Å². The fraction of sp³-hybridized carbons (Fsp3) is 0.440. The van der Waals surface area contributed by atoms with Crippen LogP contribution in [-0.4, -0.2) is 39.1 Å². The monoisotopic (exact) mass is 491 g/mol. The third kappa shape index (κ3) is 7.85. The molecule has 9 heteroatoms. The van der Waals surface area contributed by atoms with Crippen LogP contribution in [0, 0.1) is 12.8 Å². The van der Waals surface area contributed by atoms with Crippen molar-refractivity contribution in [2.75, 3.05) is 13.2 Å². The van der Waals surface area contributed by atoms with Crippen LogP contribution in [0.4, 0.5) is 0 Å². The molecule has 0 aromatic heterocycles. The van der Waals surface area contributed by atoms with Crippen molar-refractivity contribution in [3.8, 4) is 5.75 Å². The second kappa shape index (κ2) is 11.5. The molecule has 0 radical (unpaired) electrons. The molecule has 8 nitrogen and oxygen atoms in total. The maximum atomic E-state index is 13.1. The summed E-state index contributed by atoms with van der Waals surface area (Å²) in [7, 11) is -4.02. The lowest BCUT2D eigenvalue weighted by Crippen LogP contribution is -2.35. The lowest BCUT2D eigenvalue weighted by atomic mass is 9.83. The van der Waals surface area contributed by atoms with Gasteiger partial charge in [0.2, 0.25) is 0 Å². The molecule has 2 atom stereocenters. The van der Waals surface area contributed by atoms with Crippen LogP contribution in [-0.2, 0) is 29.2 Å². The van der Waals surface area contributed by atoms with Crippen molar-refractivity contribution in [2.24, 2.45) is 11.7 Å². The van der Waals surface area contributed by atoms with Crippen molar-refractivity contribution < 1.29 is 31.7 Å². The molecular weight excluding hydrogens is 458 g/mol. The normalized spacial score (nSPS) is 13.6. The summed E-state index contributed by atoms with van der Waals surface area (Å²) in [6.45, 7) is 9.06. The number of carbonyl (C=O) groups is 2. The van der Waals surface area contributed by atoms with E-state index in [9.17, 15) is 18.0 Å². The number of carbonyl (C=O) groups excluding carboxylic acids is 2. The molecule has 2 unspecified atom stereocenters. The fourth-order valence-electron chi connectivity index (χ4n) is 3.35. The summed E-state index contributed by atoms with van der Waals surface area (Å²) in [5.74, 6) is -2.33. The standard InChI is InChI=1S/C25H33NO7S/c1-6-31-22(27)15-19(16-26)23(24(28)32-25(3,4)5)18-9-11-20(12-10-18)33-34(29,30)21-13-7-17(2)8-14-21/h7-14,19,23H,6,15-16,26H2,1-5H3. The zero-order valence-electron chi connectivity index (χ0n) is 20.2. The molecule has 2 aromatic rings. The molecular formula is C25H33NO7S. The largest absolute Gasteiger partial charge is 0.466 e. The number of esters is 2. The highest BCUT2D eigenvalue weighted by Crippen LogP contribution is 2.32. The third-order valence-electron chi connectivity index (χ3n) is 4.92. The van der Waals surface area contributed by atoms with Gasteiger partial charge in [0.05, 0.1) is 18.9 Å². The van der Waals surface area contributed by atoms with Crippen LogP contribution >= 0.6 is 0 Å². The van der Waals surface area contributed by atoms with Crippen LogP contribution in [0.3, 0.4) is 0 Å². The summed E-state index contributed by atoms with van der Waals surface area (Å²) >= 11 is 0. The smallest absolute Gasteiger partial charge is 0.339 e. The molecule has 0 aliphatic rings. The molecule has 2 N–H and O–H groups in total. The second-order valence-corrected chi connectivity index (χ2v) is 10.5. The quantitative estimate of drug-likeness (QED) is 0.394. The zero-order chi connectivity index (χ0) is 25.5. The van der Waals surface area contributed by atoms with Crippen LogP contribution in [0.25, 0.3) is 0 Å². The van der Waals surface area contributed by atoms with Crippen molar-refractivity contribution in [1.82, 2.24) is 0 Å². The van der Waals surface area contributed by atoms with Crippen LogP contribution in [0.2, 0.25) is 0 Å². The maximum Gasteiger partial charge on any atom is 0.339 e. The summed E-state index contributed by atoms with van der Waals surface area (Å²) < 4.78 is 41.0. The Morgan fingerprint density at radius 2 is 1.59 bits per heavy atom. The third-order valence-corrected chi connectivity index (χ3v) is 6.19. The van der Waals surface area contributed by atoms with Gasteiger partial charge in [-0.15, -0.1) is 0 Å². The Balaban J connectivity index is 2.32. The van der Waals surface area contributed by atoms with Gasteiger partial charge in [0, 0.05) is 0 Å². The van der Waals surface area contributed by atoms with E-state index in [1.54, 1.807) is 52.0 Å². The van der Waals surface area contributed by atoms with Gasteiger partial charge in [0.15, 0.2) is 0 Å². The van der Waals surface area contributed by atoms with Gasteiger partial charge in [-0.05, 0) is 76.9 Å². The van der Waals surface area contributed by atoms with Crippen LogP contribution in [0.1, 0.15) is 51.2 Å². The first-order valence-electron chi connectivity index (χ1n) is 11.1. The van der Waals surface area contributed by atoms with E-state index >= 15 is 0 Å². The lowest BCUT2D eigenvalue weighted by molar-refractivity contribution is -0.158. The van der Waals surface area contributed by atoms with Gasteiger partial charge >= 0.3 is 22.1 Å². The average molecular weight is 492 g/mol. The first-order chi connectivity index (χ1) is 15.9. The Labute approximate surface area is 201 Å².